The number of aromatic carboxylic acids is 1. The molecule has 2 unspecified atom stereocenters. The number of sulfone groups is 1. The summed E-state index contributed by atoms with van der Waals surface area (Å²) in [5.74, 6) is -1.16. The summed E-state index contributed by atoms with van der Waals surface area (Å²) in [7, 11) is -3.46. The molecule has 1 fully saturated rings. The lowest BCUT2D eigenvalue weighted by Gasteiger charge is -2.29. The molecular weight excluding hydrogens is 256 g/mol. The van der Waals surface area contributed by atoms with Crippen LogP contribution in [0.25, 0.3) is 0 Å². The Morgan fingerprint density at radius 3 is 2.83 bits per heavy atom. The van der Waals surface area contributed by atoms with Crippen molar-refractivity contribution in [3.05, 3.63) is 23.8 Å². The molecule has 0 aromatic heterocycles. The molecule has 2 atom stereocenters. The van der Waals surface area contributed by atoms with Crippen LogP contribution in [-0.4, -0.2) is 30.8 Å². The van der Waals surface area contributed by atoms with Crippen molar-refractivity contribution < 1.29 is 23.1 Å². The van der Waals surface area contributed by atoms with E-state index in [1.54, 1.807) is 0 Å². The minimum atomic E-state index is -3.46. The number of para-hydroxylation sites is 1. The standard InChI is InChI=1S/C12H12O5S/c13-12(14)7-3-1-6-10-11(7)17-8-4-2-5-9(8)18(10,15)16/h1,3,6,8-9H,2,4-5H2,(H,13,14). The van der Waals surface area contributed by atoms with Crippen LogP contribution in [0.3, 0.4) is 0 Å². The molecule has 1 aliphatic carbocycles. The Labute approximate surface area is 104 Å². The van der Waals surface area contributed by atoms with Gasteiger partial charge in [-0.3, -0.25) is 0 Å². The average molecular weight is 268 g/mol. The zero-order chi connectivity index (χ0) is 12.9. The van der Waals surface area contributed by atoms with Crippen LogP contribution in [0, 0.1) is 0 Å². The van der Waals surface area contributed by atoms with Crippen molar-refractivity contribution in [1.82, 2.24) is 0 Å². The van der Waals surface area contributed by atoms with Gasteiger partial charge in [0.15, 0.2) is 15.6 Å². The Kier molecular flexibility index (Phi) is 2.38. The lowest BCUT2D eigenvalue weighted by Crippen LogP contribution is -2.38. The third-order valence-corrected chi connectivity index (χ3v) is 5.85. The van der Waals surface area contributed by atoms with Crippen molar-refractivity contribution in [2.45, 2.75) is 35.5 Å². The number of carboxylic acid groups (broad SMARTS) is 1. The van der Waals surface area contributed by atoms with Crippen molar-refractivity contribution in [1.29, 1.82) is 0 Å². The highest BCUT2D eigenvalue weighted by atomic mass is 32.2. The first-order valence-electron chi connectivity index (χ1n) is 5.78. The van der Waals surface area contributed by atoms with Crippen LogP contribution in [0.2, 0.25) is 0 Å². The number of ether oxygens (including phenoxy) is 1. The maximum Gasteiger partial charge on any atom is 0.339 e. The quantitative estimate of drug-likeness (QED) is 0.834. The Morgan fingerprint density at radius 2 is 2.11 bits per heavy atom. The average Bonchev–Trinajstić information content (AvgIpc) is 2.77. The summed E-state index contributed by atoms with van der Waals surface area (Å²) in [4.78, 5) is 11.1. The lowest BCUT2D eigenvalue weighted by molar-refractivity contribution is 0.0687. The highest BCUT2D eigenvalue weighted by Gasteiger charge is 2.46. The molecule has 1 N–H and O–H groups in total. The van der Waals surface area contributed by atoms with Gasteiger partial charge in [0, 0.05) is 0 Å². The van der Waals surface area contributed by atoms with E-state index in [0.717, 1.165) is 6.42 Å². The third-order valence-electron chi connectivity index (χ3n) is 3.58. The zero-order valence-electron chi connectivity index (χ0n) is 9.50. The molecule has 1 aromatic rings. The molecule has 1 aliphatic heterocycles. The number of carbonyl (C=O) groups is 1. The van der Waals surface area contributed by atoms with Crippen LogP contribution in [0.1, 0.15) is 29.6 Å². The van der Waals surface area contributed by atoms with Crippen molar-refractivity contribution in [2.75, 3.05) is 0 Å². The molecule has 1 heterocycles. The van der Waals surface area contributed by atoms with Gasteiger partial charge in [-0.15, -0.1) is 0 Å². The summed E-state index contributed by atoms with van der Waals surface area (Å²) >= 11 is 0. The third kappa shape index (κ3) is 1.45. The van der Waals surface area contributed by atoms with Crippen molar-refractivity contribution in [2.24, 2.45) is 0 Å². The van der Waals surface area contributed by atoms with Gasteiger partial charge in [0.25, 0.3) is 0 Å². The van der Waals surface area contributed by atoms with E-state index in [0.29, 0.717) is 12.8 Å². The van der Waals surface area contributed by atoms with E-state index < -0.39 is 27.2 Å². The van der Waals surface area contributed by atoms with Crippen LogP contribution < -0.4 is 4.74 Å². The molecule has 2 aliphatic rings. The van der Waals surface area contributed by atoms with Gasteiger partial charge in [-0.05, 0) is 31.4 Å². The predicted molar refractivity (Wildman–Crippen MR) is 62.6 cm³/mol. The van der Waals surface area contributed by atoms with Gasteiger partial charge in [-0.25, -0.2) is 13.2 Å². The summed E-state index contributed by atoms with van der Waals surface area (Å²) in [5.41, 5.74) is -0.0820. The molecule has 18 heavy (non-hydrogen) atoms. The molecule has 5 nitrogen and oxygen atoms in total. The van der Waals surface area contributed by atoms with Crippen LogP contribution in [0.15, 0.2) is 23.1 Å². The predicted octanol–water partition coefficient (Wildman–Crippen LogP) is 1.47. The molecule has 0 amide bonds. The molecule has 1 aromatic carbocycles. The van der Waals surface area contributed by atoms with Crippen molar-refractivity contribution >= 4 is 15.8 Å². The van der Waals surface area contributed by atoms with E-state index in [1.807, 2.05) is 0 Å². The number of hydrogen-bond acceptors (Lipinski definition) is 4. The fourth-order valence-electron chi connectivity index (χ4n) is 2.73. The van der Waals surface area contributed by atoms with Crippen LogP contribution in [0.4, 0.5) is 0 Å². The Hall–Kier alpha value is -1.56. The second kappa shape index (κ2) is 3.71. The Bertz CT molecular complexity index is 619. The Balaban J connectivity index is 2.24. The fraction of sp³-hybridized carbons (Fsp3) is 0.417. The van der Waals surface area contributed by atoms with Gasteiger partial charge >= 0.3 is 5.97 Å². The molecular formula is C12H12O5S. The first-order valence-corrected chi connectivity index (χ1v) is 7.33. The van der Waals surface area contributed by atoms with E-state index >= 15 is 0 Å². The molecule has 0 radical (unpaired) electrons. The zero-order valence-corrected chi connectivity index (χ0v) is 10.3. The van der Waals surface area contributed by atoms with Gasteiger partial charge in [0.05, 0.1) is 0 Å². The van der Waals surface area contributed by atoms with Crippen LogP contribution in [-0.2, 0) is 9.84 Å². The SMILES string of the molecule is O=C(O)c1cccc2c1OC1CCCC1S2(=O)=O. The first kappa shape index (κ1) is 11.5. The van der Waals surface area contributed by atoms with Crippen molar-refractivity contribution in [3.8, 4) is 5.75 Å². The van der Waals surface area contributed by atoms with E-state index in [2.05, 4.69) is 0 Å². The molecule has 0 saturated heterocycles. The topological polar surface area (TPSA) is 80.7 Å². The summed E-state index contributed by atoms with van der Waals surface area (Å²) < 4.78 is 30.4. The monoisotopic (exact) mass is 268 g/mol. The minimum Gasteiger partial charge on any atom is -0.487 e. The summed E-state index contributed by atoms with van der Waals surface area (Å²) in [6, 6.07) is 4.23. The Morgan fingerprint density at radius 1 is 1.33 bits per heavy atom. The van der Waals surface area contributed by atoms with E-state index in [9.17, 15) is 13.2 Å². The van der Waals surface area contributed by atoms with Gasteiger partial charge < -0.3 is 9.84 Å². The van der Waals surface area contributed by atoms with E-state index in [-0.39, 0.29) is 16.2 Å². The highest BCUT2D eigenvalue weighted by molar-refractivity contribution is 7.92. The molecule has 0 spiro atoms. The number of rotatable bonds is 1. The maximum atomic E-state index is 12.4. The van der Waals surface area contributed by atoms with Crippen molar-refractivity contribution in [3.63, 3.8) is 0 Å². The summed E-state index contributed by atoms with van der Waals surface area (Å²) in [6.45, 7) is 0. The normalized spacial score (nSPS) is 28.0. The van der Waals surface area contributed by atoms with E-state index in [4.69, 9.17) is 9.84 Å². The number of hydrogen-bond donors (Lipinski definition) is 1. The smallest absolute Gasteiger partial charge is 0.339 e. The molecule has 6 heteroatoms. The number of carboxylic acids is 1. The largest absolute Gasteiger partial charge is 0.487 e. The molecule has 3 rings (SSSR count). The number of fused-ring (bicyclic) bond motifs is 2. The van der Waals surface area contributed by atoms with Crippen LogP contribution >= 0.6 is 0 Å². The second-order valence-electron chi connectivity index (χ2n) is 4.61. The molecule has 1 saturated carbocycles. The maximum absolute atomic E-state index is 12.4. The highest BCUT2D eigenvalue weighted by Crippen LogP contribution is 2.42. The second-order valence-corrected chi connectivity index (χ2v) is 6.74. The number of benzene rings is 1. The molecule has 0 bridgehead atoms. The molecule has 96 valence electrons. The van der Waals surface area contributed by atoms with E-state index in [1.165, 1.54) is 18.2 Å². The van der Waals surface area contributed by atoms with Gasteiger partial charge in [0.2, 0.25) is 0 Å². The lowest BCUT2D eigenvalue weighted by atomic mass is 10.2. The summed E-state index contributed by atoms with van der Waals surface area (Å²) in [5, 5.41) is 8.56. The van der Waals surface area contributed by atoms with Crippen LogP contribution in [0.5, 0.6) is 5.75 Å². The minimum absolute atomic E-state index is 0.00755. The van der Waals surface area contributed by atoms with Gasteiger partial charge in [0.1, 0.15) is 21.8 Å². The summed E-state index contributed by atoms with van der Waals surface area (Å²) in [6.07, 6.45) is 1.65. The van der Waals surface area contributed by atoms with Gasteiger partial charge in [-0.2, -0.15) is 0 Å². The first-order chi connectivity index (χ1) is 8.51. The van der Waals surface area contributed by atoms with Gasteiger partial charge in [-0.1, -0.05) is 6.07 Å². The fourth-order valence-corrected chi connectivity index (χ4v) is 4.81.